The van der Waals surface area contributed by atoms with Crippen molar-refractivity contribution >= 4 is 22.9 Å². The van der Waals surface area contributed by atoms with Crippen LogP contribution in [0.15, 0.2) is 24.3 Å². The minimum atomic E-state index is 0.360. The minimum absolute atomic E-state index is 0.360. The molecule has 2 rings (SSSR count). The summed E-state index contributed by atoms with van der Waals surface area (Å²) in [6.45, 7) is 3.97. The van der Waals surface area contributed by atoms with E-state index in [1.54, 1.807) is 0 Å². The molecule has 0 amide bonds. The normalized spacial score (nSPS) is 23.6. The highest BCUT2D eigenvalue weighted by molar-refractivity contribution is 7.80. The van der Waals surface area contributed by atoms with E-state index in [9.17, 15) is 0 Å². The largest absolute Gasteiger partial charge is 0.389 e. The van der Waals surface area contributed by atoms with Gasteiger partial charge in [0, 0.05) is 30.3 Å². The van der Waals surface area contributed by atoms with Crippen LogP contribution < -0.4 is 11.1 Å². The summed E-state index contributed by atoms with van der Waals surface area (Å²) in [5, 5.41) is 3.42. The van der Waals surface area contributed by atoms with E-state index < -0.39 is 0 Å². The highest BCUT2D eigenvalue weighted by atomic mass is 32.1. The standard InChI is InChI=1S/C13H18N2OS/c1-9-11(6-7-16-9)8-15-12-4-2-10(3-5-12)13(14)17/h2-5,9,11,15H,6-8H2,1H3,(H2,14,17). The topological polar surface area (TPSA) is 47.3 Å². The zero-order valence-corrected chi connectivity index (χ0v) is 10.8. The van der Waals surface area contributed by atoms with Crippen LogP contribution in [0.1, 0.15) is 18.9 Å². The molecule has 0 spiro atoms. The van der Waals surface area contributed by atoms with Crippen molar-refractivity contribution in [3.05, 3.63) is 29.8 Å². The van der Waals surface area contributed by atoms with Gasteiger partial charge >= 0.3 is 0 Å². The van der Waals surface area contributed by atoms with Crippen molar-refractivity contribution in [1.29, 1.82) is 0 Å². The van der Waals surface area contributed by atoms with Gasteiger partial charge in [0.1, 0.15) is 4.99 Å². The van der Waals surface area contributed by atoms with Crippen LogP contribution >= 0.6 is 12.2 Å². The Morgan fingerprint density at radius 1 is 1.47 bits per heavy atom. The van der Waals surface area contributed by atoms with E-state index >= 15 is 0 Å². The van der Waals surface area contributed by atoms with Crippen molar-refractivity contribution in [1.82, 2.24) is 0 Å². The summed E-state index contributed by atoms with van der Waals surface area (Å²) in [4.78, 5) is 0.439. The highest BCUT2D eigenvalue weighted by Gasteiger charge is 2.23. The number of rotatable bonds is 4. The van der Waals surface area contributed by atoms with Gasteiger partial charge in [-0.25, -0.2) is 0 Å². The van der Waals surface area contributed by atoms with Gasteiger partial charge in [-0.3, -0.25) is 0 Å². The number of thiocarbonyl (C=S) groups is 1. The Kier molecular flexibility index (Phi) is 3.97. The molecule has 1 saturated heterocycles. The number of hydrogen-bond acceptors (Lipinski definition) is 3. The first-order chi connectivity index (χ1) is 8.16. The molecule has 0 aliphatic carbocycles. The van der Waals surface area contributed by atoms with Crippen LogP contribution in [0.25, 0.3) is 0 Å². The molecule has 92 valence electrons. The molecule has 3 nitrogen and oxygen atoms in total. The van der Waals surface area contributed by atoms with Crippen LogP contribution in [0.2, 0.25) is 0 Å². The number of hydrogen-bond donors (Lipinski definition) is 2. The van der Waals surface area contributed by atoms with E-state index in [-0.39, 0.29) is 0 Å². The molecule has 1 aromatic rings. The molecule has 17 heavy (non-hydrogen) atoms. The number of benzene rings is 1. The molecule has 1 aliphatic rings. The molecule has 1 aromatic carbocycles. The lowest BCUT2D eigenvalue weighted by Gasteiger charge is -2.15. The van der Waals surface area contributed by atoms with Crippen LogP contribution in [0.3, 0.4) is 0 Å². The summed E-state index contributed by atoms with van der Waals surface area (Å²) in [5.74, 6) is 0.602. The fourth-order valence-electron chi connectivity index (χ4n) is 2.05. The maximum absolute atomic E-state index is 5.55. The fourth-order valence-corrected chi connectivity index (χ4v) is 2.18. The fraction of sp³-hybridized carbons (Fsp3) is 0.462. The Labute approximate surface area is 107 Å². The molecule has 0 bridgehead atoms. The molecule has 4 heteroatoms. The van der Waals surface area contributed by atoms with Gasteiger partial charge in [-0.1, -0.05) is 12.2 Å². The molecule has 0 radical (unpaired) electrons. The van der Waals surface area contributed by atoms with E-state index in [4.69, 9.17) is 22.7 Å². The van der Waals surface area contributed by atoms with Gasteiger partial charge < -0.3 is 15.8 Å². The van der Waals surface area contributed by atoms with E-state index in [0.717, 1.165) is 30.8 Å². The quantitative estimate of drug-likeness (QED) is 0.804. The molecule has 0 aromatic heterocycles. The summed E-state index contributed by atoms with van der Waals surface area (Å²) in [6.07, 6.45) is 1.50. The molecular formula is C13H18N2OS. The van der Waals surface area contributed by atoms with E-state index in [1.165, 1.54) is 0 Å². The maximum atomic E-state index is 5.55. The monoisotopic (exact) mass is 250 g/mol. The molecule has 3 N–H and O–H groups in total. The smallest absolute Gasteiger partial charge is 0.103 e. The molecule has 1 aliphatic heterocycles. The minimum Gasteiger partial charge on any atom is -0.389 e. The third-order valence-corrected chi connectivity index (χ3v) is 3.51. The van der Waals surface area contributed by atoms with Gasteiger partial charge in [0.05, 0.1) is 6.10 Å². The van der Waals surface area contributed by atoms with Gasteiger partial charge in [0.15, 0.2) is 0 Å². The van der Waals surface area contributed by atoms with Crippen molar-refractivity contribution in [2.45, 2.75) is 19.4 Å². The Hall–Kier alpha value is -1.13. The van der Waals surface area contributed by atoms with Crippen LogP contribution in [0, 0.1) is 5.92 Å². The highest BCUT2D eigenvalue weighted by Crippen LogP contribution is 2.21. The Balaban J connectivity index is 1.88. The lowest BCUT2D eigenvalue weighted by Crippen LogP contribution is -2.20. The van der Waals surface area contributed by atoms with Gasteiger partial charge in [-0.2, -0.15) is 0 Å². The SMILES string of the molecule is CC1OCCC1CNc1ccc(C(N)=S)cc1. The predicted molar refractivity (Wildman–Crippen MR) is 74.3 cm³/mol. The second-order valence-electron chi connectivity index (χ2n) is 4.45. The lowest BCUT2D eigenvalue weighted by molar-refractivity contribution is 0.108. The third-order valence-electron chi connectivity index (χ3n) is 3.27. The van der Waals surface area contributed by atoms with Crippen LogP contribution in [0.5, 0.6) is 0 Å². The number of nitrogens with two attached hydrogens (primary N) is 1. The van der Waals surface area contributed by atoms with Crippen molar-refractivity contribution in [2.24, 2.45) is 11.7 Å². The average Bonchev–Trinajstić information content (AvgIpc) is 2.73. The van der Waals surface area contributed by atoms with Gasteiger partial charge in [0.25, 0.3) is 0 Å². The second kappa shape index (κ2) is 5.47. The first-order valence-electron chi connectivity index (χ1n) is 5.92. The van der Waals surface area contributed by atoms with Gasteiger partial charge in [-0.05, 0) is 37.6 Å². The average molecular weight is 250 g/mol. The lowest BCUT2D eigenvalue weighted by atomic mass is 10.0. The van der Waals surface area contributed by atoms with Crippen LogP contribution in [-0.2, 0) is 4.74 Å². The number of anilines is 1. The maximum Gasteiger partial charge on any atom is 0.103 e. The number of nitrogens with one attached hydrogen (secondary N) is 1. The first-order valence-corrected chi connectivity index (χ1v) is 6.33. The Bertz CT molecular complexity index is 391. The molecular weight excluding hydrogens is 232 g/mol. The van der Waals surface area contributed by atoms with Crippen LogP contribution in [-0.4, -0.2) is 24.2 Å². The van der Waals surface area contributed by atoms with Crippen molar-refractivity contribution in [3.63, 3.8) is 0 Å². The third kappa shape index (κ3) is 3.17. The summed E-state index contributed by atoms with van der Waals surface area (Å²) in [7, 11) is 0. The zero-order chi connectivity index (χ0) is 12.3. The van der Waals surface area contributed by atoms with Crippen molar-refractivity contribution in [2.75, 3.05) is 18.5 Å². The summed E-state index contributed by atoms with van der Waals surface area (Å²) in [6, 6.07) is 7.91. The van der Waals surface area contributed by atoms with Gasteiger partial charge in [-0.15, -0.1) is 0 Å². The zero-order valence-electron chi connectivity index (χ0n) is 9.98. The second-order valence-corrected chi connectivity index (χ2v) is 4.89. The van der Waals surface area contributed by atoms with E-state index in [1.807, 2.05) is 24.3 Å². The number of ether oxygens (including phenoxy) is 1. The summed E-state index contributed by atoms with van der Waals surface area (Å²) >= 11 is 4.91. The van der Waals surface area contributed by atoms with Crippen molar-refractivity contribution < 1.29 is 4.74 Å². The predicted octanol–water partition coefficient (Wildman–Crippen LogP) is 2.16. The Morgan fingerprint density at radius 2 is 2.18 bits per heavy atom. The molecule has 2 unspecified atom stereocenters. The van der Waals surface area contributed by atoms with Gasteiger partial charge in [0.2, 0.25) is 0 Å². The first kappa shape index (κ1) is 12.3. The molecule has 1 fully saturated rings. The van der Waals surface area contributed by atoms with Crippen LogP contribution in [0.4, 0.5) is 5.69 Å². The molecule has 1 heterocycles. The van der Waals surface area contributed by atoms with E-state index in [2.05, 4.69) is 12.2 Å². The van der Waals surface area contributed by atoms with E-state index in [0.29, 0.717) is 17.0 Å². The molecule has 0 saturated carbocycles. The summed E-state index contributed by atoms with van der Waals surface area (Å²) in [5.41, 5.74) is 7.56. The summed E-state index contributed by atoms with van der Waals surface area (Å²) < 4.78 is 5.53. The molecule has 2 atom stereocenters. The Morgan fingerprint density at radius 3 is 2.71 bits per heavy atom. The van der Waals surface area contributed by atoms with Crippen molar-refractivity contribution in [3.8, 4) is 0 Å².